The number of piperazine rings is 1. The Morgan fingerprint density at radius 3 is 2.39 bits per heavy atom. The molecule has 0 aliphatic carbocycles. The second-order valence-corrected chi connectivity index (χ2v) is 9.24. The number of amidine groups is 1. The zero-order valence-electron chi connectivity index (χ0n) is 21.7. The molecule has 1 saturated heterocycles. The van der Waals surface area contributed by atoms with E-state index in [1.54, 1.807) is 23.4 Å². The van der Waals surface area contributed by atoms with E-state index in [9.17, 15) is 4.79 Å². The van der Waals surface area contributed by atoms with E-state index in [1.165, 1.54) is 5.69 Å². The Morgan fingerprint density at radius 1 is 1.06 bits per heavy atom. The predicted molar refractivity (Wildman–Crippen MR) is 148 cm³/mol. The minimum atomic E-state index is -0.0822. The van der Waals surface area contributed by atoms with Gasteiger partial charge in [-0.3, -0.25) is 14.7 Å². The molecule has 0 spiro atoms. The van der Waals surface area contributed by atoms with Crippen molar-refractivity contribution in [3.05, 3.63) is 89.6 Å². The minimum absolute atomic E-state index is 0.0822. The molecular weight excluding hydrogens is 448 g/mol. The molecule has 1 aromatic carbocycles. The molecule has 0 unspecified atom stereocenters. The molecule has 0 bridgehead atoms. The summed E-state index contributed by atoms with van der Waals surface area (Å²) in [6.07, 6.45) is 9.77. The molecule has 1 aromatic heterocycles. The Bertz CT molecular complexity index is 1170. The van der Waals surface area contributed by atoms with Crippen molar-refractivity contribution >= 4 is 23.1 Å². The van der Waals surface area contributed by atoms with Gasteiger partial charge in [0.1, 0.15) is 11.7 Å². The standard InChI is InChI=1S/C29H36N6O/c1-5-22(3)28(31-25-8-10-26(11-9-25)34-19-17-33(4)18-20-34)32-29-24(6-2)7-12-27(36)35(29)21-23-13-15-30-16-14-23/h6-16,31H,5,17-21H2,1-4H3/b24-6-,28-22+,32-29+. The van der Waals surface area contributed by atoms with Gasteiger partial charge in [0.05, 0.1) is 6.54 Å². The van der Waals surface area contributed by atoms with Crippen molar-refractivity contribution < 1.29 is 4.79 Å². The summed E-state index contributed by atoms with van der Waals surface area (Å²) in [6.45, 7) is 10.8. The maximum absolute atomic E-state index is 12.9. The van der Waals surface area contributed by atoms with Crippen molar-refractivity contribution in [2.45, 2.75) is 33.7 Å². The van der Waals surface area contributed by atoms with Crippen LogP contribution in [0, 0.1) is 0 Å². The molecule has 1 N–H and O–H groups in total. The monoisotopic (exact) mass is 484 g/mol. The van der Waals surface area contributed by atoms with Crippen LogP contribution in [0.5, 0.6) is 0 Å². The quantitative estimate of drug-likeness (QED) is 0.610. The number of benzene rings is 1. The van der Waals surface area contributed by atoms with E-state index in [-0.39, 0.29) is 5.91 Å². The third kappa shape index (κ3) is 6.10. The molecule has 1 fully saturated rings. The largest absolute Gasteiger partial charge is 0.369 e. The van der Waals surface area contributed by atoms with Gasteiger partial charge in [0.25, 0.3) is 5.91 Å². The van der Waals surface area contributed by atoms with Gasteiger partial charge >= 0.3 is 0 Å². The Morgan fingerprint density at radius 2 is 1.75 bits per heavy atom. The zero-order chi connectivity index (χ0) is 25.5. The number of aliphatic imine (C=N–C) groups is 1. The van der Waals surface area contributed by atoms with Gasteiger partial charge in [-0.1, -0.05) is 13.0 Å². The van der Waals surface area contributed by atoms with Gasteiger partial charge in [-0.25, -0.2) is 4.99 Å². The number of anilines is 2. The fourth-order valence-electron chi connectivity index (χ4n) is 4.22. The topological polar surface area (TPSA) is 64.1 Å². The Kier molecular flexibility index (Phi) is 8.33. The van der Waals surface area contributed by atoms with Crippen molar-refractivity contribution in [2.75, 3.05) is 43.4 Å². The van der Waals surface area contributed by atoms with Gasteiger partial charge < -0.3 is 15.1 Å². The summed E-state index contributed by atoms with van der Waals surface area (Å²) in [5.41, 5.74) is 5.24. The van der Waals surface area contributed by atoms with Crippen LogP contribution in [0.3, 0.4) is 0 Å². The van der Waals surface area contributed by atoms with E-state index in [0.29, 0.717) is 12.4 Å². The zero-order valence-corrected chi connectivity index (χ0v) is 21.7. The highest BCUT2D eigenvalue weighted by Crippen LogP contribution is 2.24. The van der Waals surface area contributed by atoms with Crippen molar-refractivity contribution in [2.24, 2.45) is 4.99 Å². The highest BCUT2D eigenvalue weighted by Gasteiger charge is 2.25. The molecule has 0 atom stereocenters. The molecule has 2 aliphatic heterocycles. The average Bonchev–Trinajstić information content (AvgIpc) is 2.91. The number of nitrogens with one attached hydrogen (secondary N) is 1. The lowest BCUT2D eigenvalue weighted by Gasteiger charge is -2.34. The maximum Gasteiger partial charge on any atom is 0.252 e. The second-order valence-electron chi connectivity index (χ2n) is 9.24. The lowest BCUT2D eigenvalue weighted by molar-refractivity contribution is -0.123. The van der Waals surface area contributed by atoms with Crippen LogP contribution in [0.1, 0.15) is 32.8 Å². The smallest absolute Gasteiger partial charge is 0.252 e. The first-order valence-electron chi connectivity index (χ1n) is 12.6. The first-order chi connectivity index (χ1) is 17.5. The molecule has 2 aromatic rings. The van der Waals surface area contributed by atoms with Crippen molar-refractivity contribution in [3.63, 3.8) is 0 Å². The first kappa shape index (κ1) is 25.4. The predicted octanol–water partition coefficient (Wildman–Crippen LogP) is 4.83. The molecule has 188 valence electrons. The number of likely N-dealkylation sites (N-methyl/N-ethyl adjacent to an activating group) is 1. The van der Waals surface area contributed by atoms with Gasteiger partial charge in [-0.05, 0) is 80.9 Å². The molecule has 0 saturated carbocycles. The fraction of sp³-hybridized carbons (Fsp3) is 0.345. The summed E-state index contributed by atoms with van der Waals surface area (Å²) in [5.74, 6) is 1.33. The molecule has 36 heavy (non-hydrogen) atoms. The summed E-state index contributed by atoms with van der Waals surface area (Å²) in [7, 11) is 2.17. The van der Waals surface area contributed by atoms with E-state index in [4.69, 9.17) is 4.99 Å². The number of aromatic nitrogens is 1. The van der Waals surface area contributed by atoms with E-state index < -0.39 is 0 Å². The number of pyridine rings is 1. The van der Waals surface area contributed by atoms with Crippen LogP contribution in [-0.2, 0) is 11.3 Å². The molecule has 7 nitrogen and oxygen atoms in total. The molecule has 7 heteroatoms. The summed E-state index contributed by atoms with van der Waals surface area (Å²) < 4.78 is 0. The molecule has 0 radical (unpaired) electrons. The first-order valence-corrected chi connectivity index (χ1v) is 12.6. The minimum Gasteiger partial charge on any atom is -0.369 e. The third-order valence-corrected chi connectivity index (χ3v) is 6.74. The van der Waals surface area contributed by atoms with Crippen molar-refractivity contribution in [1.29, 1.82) is 0 Å². The lowest BCUT2D eigenvalue weighted by atomic mass is 10.1. The normalized spacial score (nSPS) is 19.7. The summed E-state index contributed by atoms with van der Waals surface area (Å²) in [4.78, 5) is 28.6. The molecular formula is C29H36N6O. The van der Waals surface area contributed by atoms with E-state index in [1.807, 2.05) is 31.2 Å². The van der Waals surface area contributed by atoms with Gasteiger partial charge in [0, 0.05) is 61.6 Å². The van der Waals surface area contributed by atoms with Crippen LogP contribution in [0.15, 0.2) is 89.0 Å². The van der Waals surface area contributed by atoms with Gasteiger partial charge in [0.2, 0.25) is 0 Å². The number of hydrogen-bond donors (Lipinski definition) is 1. The molecule has 2 aliphatic rings. The van der Waals surface area contributed by atoms with Crippen LogP contribution < -0.4 is 10.2 Å². The number of carbonyl (C=O) groups excluding carboxylic acids is 1. The summed E-state index contributed by atoms with van der Waals surface area (Å²) in [6, 6.07) is 12.4. The van der Waals surface area contributed by atoms with E-state index in [2.05, 4.69) is 65.3 Å². The van der Waals surface area contributed by atoms with Gasteiger partial charge in [0.15, 0.2) is 0 Å². The van der Waals surface area contributed by atoms with Crippen LogP contribution in [-0.4, -0.2) is 59.8 Å². The number of nitrogens with zero attached hydrogens (tertiary/aromatic N) is 5. The Labute approximate surface area is 214 Å². The fourth-order valence-corrected chi connectivity index (χ4v) is 4.22. The van der Waals surface area contributed by atoms with E-state index in [0.717, 1.165) is 60.8 Å². The number of rotatable bonds is 7. The molecule has 4 rings (SSSR count). The third-order valence-electron chi connectivity index (χ3n) is 6.74. The summed E-state index contributed by atoms with van der Waals surface area (Å²) in [5, 5.41) is 3.52. The number of amides is 1. The second kappa shape index (κ2) is 11.8. The van der Waals surface area contributed by atoms with Crippen LogP contribution in [0.2, 0.25) is 0 Å². The van der Waals surface area contributed by atoms with Crippen LogP contribution in [0.25, 0.3) is 0 Å². The van der Waals surface area contributed by atoms with E-state index >= 15 is 0 Å². The van der Waals surface area contributed by atoms with Crippen LogP contribution in [0.4, 0.5) is 11.4 Å². The average molecular weight is 485 g/mol. The highest BCUT2D eigenvalue weighted by atomic mass is 16.2. The van der Waals surface area contributed by atoms with Gasteiger partial charge in [-0.2, -0.15) is 0 Å². The van der Waals surface area contributed by atoms with Crippen molar-refractivity contribution in [1.82, 2.24) is 14.8 Å². The van der Waals surface area contributed by atoms with Gasteiger partial charge in [-0.15, -0.1) is 0 Å². The Hall–Kier alpha value is -3.71. The molecule has 3 heterocycles. The number of allylic oxidation sites excluding steroid dienone is 2. The SMILES string of the molecule is C/C=C1/C=CC(=O)N(Cc2ccncc2)/C1=N/C(Nc1ccc(N2CCN(C)CC2)cc1)=C(\C)CC. The lowest BCUT2D eigenvalue weighted by Crippen LogP contribution is -2.44. The summed E-state index contributed by atoms with van der Waals surface area (Å²) >= 11 is 0. The van der Waals surface area contributed by atoms with Crippen molar-refractivity contribution in [3.8, 4) is 0 Å². The maximum atomic E-state index is 12.9. The Balaban J connectivity index is 1.61. The number of carbonyl (C=O) groups is 1. The highest BCUT2D eigenvalue weighted by molar-refractivity contribution is 6.15. The molecule has 1 amide bonds. The number of hydrogen-bond acceptors (Lipinski definition) is 6. The van der Waals surface area contributed by atoms with Crippen LogP contribution >= 0.6 is 0 Å².